The molecule has 0 saturated carbocycles. The van der Waals surface area contributed by atoms with Gasteiger partial charge in [0.15, 0.2) is 7.85 Å². The molecule has 1 amide bonds. The summed E-state index contributed by atoms with van der Waals surface area (Å²) in [4.78, 5) is 20.4. The molecule has 4 N–H and O–H groups in total. The number of pyridine rings is 2. The Hall–Kier alpha value is -2.90. The first-order valence-corrected chi connectivity index (χ1v) is 7.46. The minimum absolute atomic E-state index is 0.304. The van der Waals surface area contributed by atoms with E-state index in [4.69, 9.17) is 5.73 Å². The van der Waals surface area contributed by atoms with Crippen LogP contribution in [0.4, 0.5) is 17.3 Å². The number of rotatable bonds is 4. The lowest BCUT2D eigenvalue weighted by Gasteiger charge is -2.15. The zero-order valence-corrected chi connectivity index (χ0v) is 14.0. The van der Waals surface area contributed by atoms with Crippen LogP contribution in [-0.4, -0.2) is 57.2 Å². The van der Waals surface area contributed by atoms with Gasteiger partial charge in [0.1, 0.15) is 19.5 Å². The predicted octanol–water partition coefficient (Wildman–Crippen LogP) is -4.46. The van der Waals surface area contributed by atoms with Crippen LogP contribution in [0.5, 0.6) is 0 Å². The topological polar surface area (TPSA) is 111 Å². The van der Waals surface area contributed by atoms with Crippen LogP contribution in [0.3, 0.4) is 0 Å². The molecule has 3 rings (SSSR count). The van der Waals surface area contributed by atoms with Gasteiger partial charge in [-0.15, -0.1) is 0 Å². The van der Waals surface area contributed by atoms with E-state index in [-0.39, 0.29) is 0 Å². The number of nitrogens with two attached hydrogens (primary N) is 1. The zero-order chi connectivity index (χ0) is 17.4. The van der Waals surface area contributed by atoms with Crippen molar-refractivity contribution in [3.63, 3.8) is 0 Å². The fraction of sp³-hybridized carbons (Fsp3) is 0. The Bertz CT molecular complexity index is 958. The van der Waals surface area contributed by atoms with E-state index in [0.29, 0.717) is 22.9 Å². The molecule has 3 aromatic rings. The summed E-state index contributed by atoms with van der Waals surface area (Å²) in [5, 5.41) is 11.5. The third-order valence-corrected chi connectivity index (χ3v) is 4.00. The minimum atomic E-state index is -0.552. The van der Waals surface area contributed by atoms with E-state index in [1.807, 2.05) is 28.3 Å². The average Bonchev–Trinajstić information content (AvgIpc) is 2.94. The molecule has 0 unspecified atom stereocenters. The quantitative estimate of drug-likeness (QED) is 0.419. The van der Waals surface area contributed by atoms with Gasteiger partial charge in [0.2, 0.25) is 16.0 Å². The van der Waals surface area contributed by atoms with Crippen molar-refractivity contribution in [3.05, 3.63) is 24.0 Å². The second-order valence-corrected chi connectivity index (χ2v) is 5.56. The summed E-state index contributed by atoms with van der Waals surface area (Å²) >= 11 is 0. The zero-order valence-electron chi connectivity index (χ0n) is 14.0. The van der Waals surface area contributed by atoms with Crippen LogP contribution in [-0.2, 0) is 0 Å². The lowest BCUT2D eigenvalue weighted by Crippen LogP contribution is -2.24. The highest BCUT2D eigenvalue weighted by atomic mass is 16.1. The molecule has 0 fully saturated rings. The number of nitrogens with one attached hydrogen (secondary N) is 2. The second-order valence-electron chi connectivity index (χ2n) is 5.56. The predicted molar refractivity (Wildman–Crippen MR) is 106 cm³/mol. The van der Waals surface area contributed by atoms with E-state index in [2.05, 4.69) is 25.6 Å². The van der Waals surface area contributed by atoms with Crippen molar-refractivity contribution in [2.45, 2.75) is 0 Å². The minimum Gasteiger partial charge on any atom is -0.420 e. The molecule has 0 radical (unpaired) electrons. The molecule has 3 aromatic heterocycles. The monoisotopic (exact) mass is 317 g/mol. The number of amides is 1. The molecule has 0 bridgehead atoms. The van der Waals surface area contributed by atoms with Crippen LogP contribution in [0.2, 0.25) is 0 Å². The molecule has 0 atom stereocenters. The van der Waals surface area contributed by atoms with Gasteiger partial charge in [-0.2, -0.15) is 5.10 Å². The molecule has 116 valence electrons. The Kier molecular flexibility index (Phi) is 3.96. The van der Waals surface area contributed by atoms with Crippen molar-refractivity contribution < 1.29 is 4.79 Å². The molecular formula is C12H15B4N7O. The van der Waals surface area contributed by atoms with Crippen molar-refractivity contribution in [3.8, 4) is 0 Å². The summed E-state index contributed by atoms with van der Waals surface area (Å²) < 4.78 is 1.81. The second kappa shape index (κ2) is 5.95. The SMILES string of the molecule is BNc1cc(Nc2nc(B)c3cnn(B)c3c2B)c(C(N)=O)cn1. The summed E-state index contributed by atoms with van der Waals surface area (Å²) in [7, 11) is 7.53. The van der Waals surface area contributed by atoms with Crippen molar-refractivity contribution in [2.75, 3.05) is 10.5 Å². The normalized spacial score (nSPS) is 10.7. The van der Waals surface area contributed by atoms with Gasteiger partial charge >= 0.3 is 0 Å². The Morgan fingerprint density at radius 2 is 2.04 bits per heavy atom. The molecule has 24 heavy (non-hydrogen) atoms. The van der Waals surface area contributed by atoms with Crippen LogP contribution in [0.25, 0.3) is 10.9 Å². The Balaban J connectivity index is 2.15. The third-order valence-electron chi connectivity index (χ3n) is 4.00. The Morgan fingerprint density at radius 3 is 2.71 bits per heavy atom. The van der Waals surface area contributed by atoms with E-state index in [9.17, 15) is 4.79 Å². The average molecular weight is 317 g/mol. The number of hydrogen-bond donors (Lipinski definition) is 3. The van der Waals surface area contributed by atoms with E-state index in [0.717, 1.165) is 22.0 Å². The van der Waals surface area contributed by atoms with Gasteiger partial charge in [-0.25, -0.2) is 9.97 Å². The number of carbonyl (C=O) groups is 1. The first-order valence-electron chi connectivity index (χ1n) is 7.46. The van der Waals surface area contributed by atoms with Crippen LogP contribution in [0, 0.1) is 0 Å². The fourth-order valence-electron chi connectivity index (χ4n) is 2.71. The van der Waals surface area contributed by atoms with Crippen LogP contribution >= 0.6 is 0 Å². The first kappa shape index (κ1) is 16.0. The number of anilines is 3. The summed E-state index contributed by atoms with van der Waals surface area (Å²) in [6, 6.07) is 1.73. The molecule has 8 nitrogen and oxygen atoms in total. The first-order chi connectivity index (χ1) is 11.4. The van der Waals surface area contributed by atoms with Gasteiger partial charge in [-0.3, -0.25) is 4.79 Å². The maximum absolute atomic E-state index is 11.7. The molecule has 3 heterocycles. The Labute approximate surface area is 142 Å². The van der Waals surface area contributed by atoms with Gasteiger partial charge in [0.25, 0.3) is 5.91 Å². The maximum Gasteiger partial charge on any atom is 0.252 e. The van der Waals surface area contributed by atoms with Gasteiger partial charge in [0.05, 0.1) is 23.0 Å². The van der Waals surface area contributed by atoms with E-state index in [1.165, 1.54) is 6.20 Å². The van der Waals surface area contributed by atoms with Gasteiger partial charge < -0.3 is 20.9 Å². The largest absolute Gasteiger partial charge is 0.420 e. The Morgan fingerprint density at radius 1 is 1.29 bits per heavy atom. The summed E-state index contributed by atoms with van der Waals surface area (Å²) in [6.45, 7) is 0. The summed E-state index contributed by atoms with van der Waals surface area (Å²) in [5.74, 6) is 0.724. The lowest BCUT2D eigenvalue weighted by atomic mass is 9.89. The van der Waals surface area contributed by atoms with Gasteiger partial charge in [0, 0.05) is 23.2 Å². The number of aromatic nitrogens is 4. The maximum atomic E-state index is 11.7. The van der Waals surface area contributed by atoms with Gasteiger partial charge in [-0.05, 0) is 5.46 Å². The van der Waals surface area contributed by atoms with E-state index >= 15 is 0 Å². The number of carbonyl (C=O) groups excluding carboxylic acids is 1. The smallest absolute Gasteiger partial charge is 0.252 e. The van der Waals surface area contributed by atoms with Crippen LogP contribution in [0.1, 0.15) is 10.4 Å². The standard InChI is InChI=1S/C12H15B4N7O/c13-8-9-5(3-19-23(9)16)10(14)21-12(8)20-6-1-7(22-15)18-2-4(6)11(17)24/h1-3H,13-16H2,(H2,17,24)(H2,18,20,21,22). The number of primary amides is 1. The highest BCUT2D eigenvalue weighted by Gasteiger charge is 2.15. The molecule has 12 heteroatoms. The summed E-state index contributed by atoms with van der Waals surface area (Å²) in [5.41, 5.74) is 9.10. The molecule has 0 aliphatic rings. The van der Waals surface area contributed by atoms with Crippen LogP contribution < -0.4 is 27.3 Å². The van der Waals surface area contributed by atoms with Crippen molar-refractivity contribution in [1.29, 1.82) is 0 Å². The molecule has 0 aliphatic carbocycles. The number of hydrogen-bond acceptors (Lipinski definition) is 6. The lowest BCUT2D eigenvalue weighted by molar-refractivity contribution is 0.100. The van der Waals surface area contributed by atoms with E-state index in [1.54, 1.807) is 20.2 Å². The number of fused-ring (bicyclic) bond motifs is 1. The highest BCUT2D eigenvalue weighted by molar-refractivity contribution is 6.46. The highest BCUT2D eigenvalue weighted by Crippen LogP contribution is 2.22. The fourth-order valence-corrected chi connectivity index (χ4v) is 2.71. The van der Waals surface area contributed by atoms with Crippen molar-refractivity contribution >= 4 is 76.8 Å². The molecule has 0 spiro atoms. The van der Waals surface area contributed by atoms with Crippen molar-refractivity contribution in [2.24, 2.45) is 5.73 Å². The molecule has 0 aliphatic heterocycles. The number of nitrogens with zero attached hydrogens (tertiary/aromatic N) is 4. The van der Waals surface area contributed by atoms with Crippen LogP contribution in [0.15, 0.2) is 18.5 Å². The third kappa shape index (κ3) is 2.60. The molecular weight excluding hydrogens is 301 g/mol. The molecule has 0 saturated heterocycles. The van der Waals surface area contributed by atoms with E-state index < -0.39 is 5.91 Å². The van der Waals surface area contributed by atoms with Crippen molar-refractivity contribution in [1.82, 2.24) is 19.7 Å². The molecule has 0 aromatic carbocycles. The van der Waals surface area contributed by atoms with Gasteiger partial charge in [-0.1, -0.05) is 0 Å². The summed E-state index contributed by atoms with van der Waals surface area (Å²) in [6.07, 6.45) is 3.25.